The van der Waals surface area contributed by atoms with E-state index in [0.717, 1.165) is 34.4 Å². The molecule has 174 valence electrons. The van der Waals surface area contributed by atoms with Gasteiger partial charge in [0.15, 0.2) is 5.69 Å². The maximum atomic E-state index is 13.4. The smallest absolute Gasteiger partial charge is 0.274 e. The van der Waals surface area contributed by atoms with Crippen molar-refractivity contribution in [2.24, 2.45) is 5.92 Å². The van der Waals surface area contributed by atoms with Crippen molar-refractivity contribution in [2.75, 3.05) is 13.6 Å². The van der Waals surface area contributed by atoms with Gasteiger partial charge in [-0.1, -0.05) is 18.2 Å². The molecule has 0 unspecified atom stereocenters. The number of nitrogens with zero attached hydrogens (tertiary/aromatic N) is 5. The van der Waals surface area contributed by atoms with E-state index >= 15 is 0 Å². The summed E-state index contributed by atoms with van der Waals surface area (Å²) in [5.74, 6) is 0.468. The first-order valence-electron chi connectivity index (χ1n) is 11.6. The van der Waals surface area contributed by atoms with Crippen molar-refractivity contribution < 1.29 is 9.59 Å². The predicted molar refractivity (Wildman–Crippen MR) is 130 cm³/mol. The Kier molecular flexibility index (Phi) is 5.21. The minimum absolute atomic E-state index is 0.0500. The highest BCUT2D eigenvalue weighted by molar-refractivity contribution is 7.07. The molecule has 3 aromatic heterocycles. The molecule has 8 nitrogen and oxygen atoms in total. The molecule has 2 amide bonds. The van der Waals surface area contributed by atoms with E-state index in [9.17, 15) is 9.59 Å². The number of para-hydroxylation sites is 1. The van der Waals surface area contributed by atoms with Gasteiger partial charge in [0.25, 0.3) is 11.8 Å². The summed E-state index contributed by atoms with van der Waals surface area (Å²) in [6.07, 6.45) is 3.13. The average Bonchev–Trinajstić information content (AvgIpc) is 3.23. The summed E-state index contributed by atoms with van der Waals surface area (Å²) >= 11 is 1.52. The second kappa shape index (κ2) is 8.39. The molecule has 0 saturated heterocycles. The molecule has 1 N–H and O–H groups in total. The van der Waals surface area contributed by atoms with Crippen LogP contribution in [0.1, 0.15) is 50.8 Å². The van der Waals surface area contributed by atoms with Crippen LogP contribution in [0.15, 0.2) is 41.2 Å². The fourth-order valence-electron chi connectivity index (χ4n) is 4.70. The lowest BCUT2D eigenvalue weighted by Crippen LogP contribution is -2.37. The van der Waals surface area contributed by atoms with Crippen LogP contribution in [0.4, 0.5) is 0 Å². The number of aromatic nitrogens is 4. The number of carbonyl (C=O) groups excluding carboxylic acids is 2. The van der Waals surface area contributed by atoms with Crippen molar-refractivity contribution >= 4 is 34.1 Å². The van der Waals surface area contributed by atoms with Crippen LogP contribution >= 0.6 is 11.3 Å². The van der Waals surface area contributed by atoms with E-state index in [1.54, 1.807) is 17.5 Å². The topological polar surface area (TPSA) is 87.1 Å². The Labute approximate surface area is 201 Å². The molecule has 4 aromatic rings. The van der Waals surface area contributed by atoms with Gasteiger partial charge in [-0.25, -0.2) is 4.98 Å². The molecule has 4 heterocycles. The number of H-pyrrole nitrogens is 1. The Morgan fingerprint density at radius 2 is 2.12 bits per heavy atom. The van der Waals surface area contributed by atoms with Crippen LogP contribution in [0, 0.1) is 5.92 Å². The number of carbonyl (C=O) groups is 2. The zero-order valence-electron chi connectivity index (χ0n) is 19.0. The van der Waals surface area contributed by atoms with Crippen LogP contribution in [-0.2, 0) is 26.1 Å². The van der Waals surface area contributed by atoms with Crippen LogP contribution in [0.3, 0.4) is 0 Å². The van der Waals surface area contributed by atoms with Gasteiger partial charge in [-0.05, 0) is 30.9 Å². The highest BCUT2D eigenvalue weighted by Gasteiger charge is 2.33. The molecule has 0 atom stereocenters. The maximum Gasteiger partial charge on any atom is 0.274 e. The lowest BCUT2D eigenvalue weighted by molar-refractivity contribution is 0.0717. The summed E-state index contributed by atoms with van der Waals surface area (Å²) in [5, 5.41) is 7.75. The van der Waals surface area contributed by atoms with Crippen LogP contribution in [0.25, 0.3) is 10.9 Å². The number of hydrogen-bond acceptors (Lipinski definition) is 5. The van der Waals surface area contributed by atoms with Gasteiger partial charge in [0.05, 0.1) is 24.3 Å². The monoisotopic (exact) mass is 474 g/mol. The Hall–Kier alpha value is -3.46. The minimum Gasteiger partial charge on any atom is -0.351 e. The van der Waals surface area contributed by atoms with E-state index in [4.69, 9.17) is 5.10 Å². The number of benzene rings is 1. The van der Waals surface area contributed by atoms with Crippen molar-refractivity contribution in [3.63, 3.8) is 0 Å². The fourth-order valence-corrected chi connectivity index (χ4v) is 5.25. The molecule has 34 heavy (non-hydrogen) atoms. The van der Waals surface area contributed by atoms with Crippen LogP contribution < -0.4 is 0 Å². The predicted octanol–water partition coefficient (Wildman–Crippen LogP) is 3.70. The normalized spacial score (nSPS) is 15.5. The third-order valence-electron chi connectivity index (χ3n) is 6.74. The first-order chi connectivity index (χ1) is 16.6. The quantitative estimate of drug-likeness (QED) is 0.462. The summed E-state index contributed by atoms with van der Waals surface area (Å²) in [5.41, 5.74) is 6.59. The molecule has 0 radical (unpaired) electrons. The molecule has 2 aliphatic rings. The number of fused-ring (bicyclic) bond motifs is 2. The van der Waals surface area contributed by atoms with Crippen LogP contribution in [-0.4, -0.2) is 55.0 Å². The van der Waals surface area contributed by atoms with Crippen molar-refractivity contribution in [3.8, 4) is 0 Å². The number of amides is 2. The van der Waals surface area contributed by atoms with E-state index in [-0.39, 0.29) is 11.8 Å². The average molecular weight is 475 g/mol. The van der Waals surface area contributed by atoms with E-state index in [2.05, 4.69) is 9.97 Å². The molecule has 6 rings (SSSR count). The van der Waals surface area contributed by atoms with Gasteiger partial charge in [-0.15, -0.1) is 11.3 Å². The van der Waals surface area contributed by atoms with Gasteiger partial charge in [0.2, 0.25) is 0 Å². The van der Waals surface area contributed by atoms with Gasteiger partial charge < -0.3 is 14.8 Å². The summed E-state index contributed by atoms with van der Waals surface area (Å²) in [7, 11) is 1.78. The number of aromatic amines is 1. The van der Waals surface area contributed by atoms with Gasteiger partial charge in [-0.2, -0.15) is 5.10 Å². The third kappa shape index (κ3) is 3.90. The van der Waals surface area contributed by atoms with Gasteiger partial charge in [-0.3, -0.25) is 14.3 Å². The summed E-state index contributed by atoms with van der Waals surface area (Å²) < 4.78 is 2.03. The Bertz CT molecular complexity index is 1330. The Balaban J connectivity index is 1.29. The number of rotatable bonds is 6. The largest absolute Gasteiger partial charge is 0.351 e. The zero-order valence-corrected chi connectivity index (χ0v) is 19.8. The number of thiazole rings is 1. The molecule has 1 aromatic carbocycles. The molecular formula is C25H26N6O2S. The van der Waals surface area contributed by atoms with E-state index < -0.39 is 0 Å². The first-order valence-corrected chi connectivity index (χ1v) is 12.6. The SMILES string of the molecule is CN(Cc1cscn1)C(=O)c1nn(CC2CC2)c2c1CN(C(=O)c1cc3ccccc3[nH]1)CC2. The van der Waals surface area contributed by atoms with Gasteiger partial charge in [0, 0.05) is 54.1 Å². The molecule has 1 aliphatic carbocycles. The van der Waals surface area contributed by atoms with Crippen molar-refractivity contribution in [3.05, 3.63) is 69.6 Å². The maximum absolute atomic E-state index is 13.4. The van der Waals surface area contributed by atoms with E-state index in [1.165, 1.54) is 24.2 Å². The first kappa shape index (κ1) is 21.1. The molecule has 1 aliphatic heterocycles. The lowest BCUT2D eigenvalue weighted by Gasteiger charge is -2.28. The third-order valence-corrected chi connectivity index (χ3v) is 7.38. The zero-order chi connectivity index (χ0) is 23.2. The lowest BCUT2D eigenvalue weighted by atomic mass is 10.0. The highest BCUT2D eigenvalue weighted by atomic mass is 32.1. The number of nitrogens with one attached hydrogen (secondary N) is 1. The standard InChI is InChI=1S/C25H26N6O2S/c1-29(12-18-14-34-15-26-18)25(33)23-19-13-30(9-8-22(19)31(28-23)11-16-6-7-16)24(32)21-10-17-4-2-3-5-20(17)27-21/h2-5,10,14-16,27H,6-9,11-13H2,1H3. The van der Waals surface area contributed by atoms with Gasteiger partial charge in [0.1, 0.15) is 5.69 Å². The molecule has 1 saturated carbocycles. The second-order valence-corrected chi connectivity index (χ2v) is 10.0. The second-order valence-electron chi connectivity index (χ2n) is 9.29. The van der Waals surface area contributed by atoms with Gasteiger partial charge >= 0.3 is 0 Å². The summed E-state index contributed by atoms with van der Waals surface area (Å²) in [6.45, 7) is 2.28. The van der Waals surface area contributed by atoms with Crippen molar-refractivity contribution in [1.82, 2.24) is 29.5 Å². The van der Waals surface area contributed by atoms with Crippen LogP contribution in [0.5, 0.6) is 0 Å². The Morgan fingerprint density at radius 1 is 1.26 bits per heavy atom. The molecule has 9 heteroatoms. The molecule has 0 bridgehead atoms. The molecular weight excluding hydrogens is 448 g/mol. The molecule has 1 fully saturated rings. The van der Waals surface area contributed by atoms with E-state index in [0.29, 0.717) is 43.4 Å². The minimum atomic E-state index is -0.126. The highest BCUT2D eigenvalue weighted by Crippen LogP contribution is 2.33. The number of hydrogen-bond donors (Lipinski definition) is 1. The van der Waals surface area contributed by atoms with E-state index in [1.807, 2.05) is 45.3 Å². The fraction of sp³-hybridized carbons (Fsp3) is 0.360. The van der Waals surface area contributed by atoms with Crippen molar-refractivity contribution in [1.29, 1.82) is 0 Å². The molecule has 0 spiro atoms. The van der Waals surface area contributed by atoms with Crippen molar-refractivity contribution in [2.45, 2.75) is 38.9 Å². The summed E-state index contributed by atoms with van der Waals surface area (Å²) in [6, 6.07) is 9.78. The Morgan fingerprint density at radius 3 is 2.88 bits per heavy atom. The van der Waals surface area contributed by atoms with Crippen LogP contribution in [0.2, 0.25) is 0 Å². The summed E-state index contributed by atoms with van der Waals surface area (Å²) in [4.78, 5) is 37.8.